The fourth-order valence-corrected chi connectivity index (χ4v) is 0.918. The second kappa shape index (κ2) is 4.18. The maximum atomic E-state index is 13.2. The molecule has 13 heavy (non-hydrogen) atoms. The molecule has 1 heterocycles. The molecule has 0 aliphatic heterocycles. The number of aromatic nitrogens is 2. The predicted molar refractivity (Wildman–Crippen MR) is 47.7 cm³/mol. The largest absolute Gasteiger partial charge is 0.492 e. The SMILES string of the molecule is C=C(OCC)c1ncnc(Cl)c1F. The van der Waals surface area contributed by atoms with Crippen molar-refractivity contribution < 1.29 is 9.13 Å². The van der Waals surface area contributed by atoms with E-state index in [4.69, 9.17) is 16.3 Å². The summed E-state index contributed by atoms with van der Waals surface area (Å²) in [5.74, 6) is -0.549. The Morgan fingerprint density at radius 2 is 2.38 bits per heavy atom. The quantitative estimate of drug-likeness (QED) is 0.557. The molecule has 1 aromatic heterocycles. The highest BCUT2D eigenvalue weighted by molar-refractivity contribution is 6.29. The molecule has 0 bridgehead atoms. The van der Waals surface area contributed by atoms with Crippen molar-refractivity contribution in [1.82, 2.24) is 9.97 Å². The fraction of sp³-hybridized carbons (Fsp3) is 0.250. The lowest BCUT2D eigenvalue weighted by Crippen LogP contribution is -1.99. The molecule has 0 aromatic carbocycles. The maximum Gasteiger partial charge on any atom is 0.189 e. The molecule has 3 nitrogen and oxygen atoms in total. The Bertz CT molecular complexity index is 330. The number of nitrogens with zero attached hydrogens (tertiary/aromatic N) is 2. The number of hydrogen-bond donors (Lipinski definition) is 0. The Hall–Kier alpha value is -1.16. The van der Waals surface area contributed by atoms with E-state index >= 15 is 0 Å². The summed E-state index contributed by atoms with van der Waals surface area (Å²) in [6, 6.07) is 0. The third-order valence-corrected chi connectivity index (χ3v) is 1.59. The molecule has 70 valence electrons. The van der Waals surface area contributed by atoms with Crippen molar-refractivity contribution in [2.24, 2.45) is 0 Å². The average molecular weight is 203 g/mol. The van der Waals surface area contributed by atoms with Gasteiger partial charge in [-0.25, -0.2) is 14.4 Å². The highest BCUT2D eigenvalue weighted by Gasteiger charge is 2.12. The molecule has 0 aliphatic carbocycles. The van der Waals surface area contributed by atoms with Crippen LogP contribution in [0.3, 0.4) is 0 Å². The van der Waals surface area contributed by atoms with E-state index in [1.54, 1.807) is 6.92 Å². The molecule has 0 fully saturated rings. The first-order chi connectivity index (χ1) is 6.16. The molecule has 0 saturated heterocycles. The molecule has 0 unspecified atom stereocenters. The van der Waals surface area contributed by atoms with Gasteiger partial charge in [0.1, 0.15) is 17.8 Å². The van der Waals surface area contributed by atoms with Crippen LogP contribution in [0.25, 0.3) is 5.76 Å². The smallest absolute Gasteiger partial charge is 0.189 e. The molecule has 0 saturated carbocycles. The van der Waals surface area contributed by atoms with Crippen molar-refractivity contribution in [2.75, 3.05) is 6.61 Å². The zero-order chi connectivity index (χ0) is 9.84. The van der Waals surface area contributed by atoms with Crippen molar-refractivity contribution in [3.8, 4) is 0 Å². The molecule has 0 amide bonds. The van der Waals surface area contributed by atoms with Crippen LogP contribution in [0.5, 0.6) is 0 Å². The van der Waals surface area contributed by atoms with Crippen LogP contribution in [-0.4, -0.2) is 16.6 Å². The summed E-state index contributed by atoms with van der Waals surface area (Å²) in [6.07, 6.45) is 1.16. The van der Waals surface area contributed by atoms with E-state index in [0.717, 1.165) is 6.33 Å². The Balaban J connectivity index is 3.01. The van der Waals surface area contributed by atoms with Crippen molar-refractivity contribution in [3.05, 3.63) is 29.6 Å². The van der Waals surface area contributed by atoms with Crippen LogP contribution in [0.4, 0.5) is 4.39 Å². The van der Waals surface area contributed by atoms with Gasteiger partial charge in [-0.05, 0) is 6.92 Å². The molecule has 1 rings (SSSR count). The maximum absolute atomic E-state index is 13.2. The standard InChI is InChI=1S/C8H8ClFN2O/c1-3-13-5(2)7-6(10)8(9)12-4-11-7/h4H,2-3H2,1H3. The first-order valence-corrected chi connectivity index (χ1v) is 4.02. The molecular weight excluding hydrogens is 195 g/mol. The Morgan fingerprint density at radius 3 is 3.00 bits per heavy atom. The number of ether oxygens (including phenoxy) is 1. The van der Waals surface area contributed by atoms with Crippen LogP contribution >= 0.6 is 11.6 Å². The van der Waals surface area contributed by atoms with Crippen molar-refractivity contribution in [1.29, 1.82) is 0 Å². The van der Waals surface area contributed by atoms with Crippen LogP contribution in [0.1, 0.15) is 12.6 Å². The van der Waals surface area contributed by atoms with Gasteiger partial charge in [-0.15, -0.1) is 0 Å². The van der Waals surface area contributed by atoms with Gasteiger partial charge < -0.3 is 4.74 Å². The molecule has 0 spiro atoms. The van der Waals surface area contributed by atoms with Crippen molar-refractivity contribution in [2.45, 2.75) is 6.92 Å². The van der Waals surface area contributed by atoms with Crippen molar-refractivity contribution >= 4 is 17.4 Å². The summed E-state index contributed by atoms with van der Waals surface area (Å²) >= 11 is 5.44. The minimum absolute atomic E-state index is 0.00171. The van der Waals surface area contributed by atoms with Crippen molar-refractivity contribution in [3.63, 3.8) is 0 Å². The Labute approximate surface area is 80.2 Å². The van der Waals surface area contributed by atoms with Gasteiger partial charge in [0.15, 0.2) is 11.0 Å². The van der Waals surface area contributed by atoms with E-state index in [1.807, 2.05) is 0 Å². The lowest BCUT2D eigenvalue weighted by Gasteiger charge is -2.06. The first kappa shape index (κ1) is 9.92. The molecule has 0 atom stereocenters. The van der Waals surface area contributed by atoms with Gasteiger partial charge in [0.25, 0.3) is 0 Å². The minimum atomic E-state index is -0.706. The van der Waals surface area contributed by atoms with E-state index in [9.17, 15) is 4.39 Å². The Kier molecular flexibility index (Phi) is 3.19. The third-order valence-electron chi connectivity index (χ3n) is 1.33. The monoisotopic (exact) mass is 202 g/mol. The second-order valence-corrected chi connectivity index (χ2v) is 2.54. The van der Waals surface area contributed by atoms with Gasteiger partial charge in [0.05, 0.1) is 6.61 Å². The summed E-state index contributed by atoms with van der Waals surface area (Å²) < 4.78 is 18.2. The average Bonchev–Trinajstić information content (AvgIpc) is 2.10. The van der Waals surface area contributed by atoms with Crippen LogP contribution in [-0.2, 0) is 4.74 Å². The van der Waals surface area contributed by atoms with Gasteiger partial charge >= 0.3 is 0 Å². The number of halogens is 2. The molecule has 0 aliphatic rings. The third kappa shape index (κ3) is 2.15. The van der Waals surface area contributed by atoms with Gasteiger partial charge in [0, 0.05) is 0 Å². The van der Waals surface area contributed by atoms with Crippen LogP contribution in [0.2, 0.25) is 5.15 Å². The first-order valence-electron chi connectivity index (χ1n) is 3.65. The van der Waals surface area contributed by atoms with Crippen LogP contribution in [0, 0.1) is 5.82 Å². The summed E-state index contributed by atoms with van der Waals surface area (Å²) in [4.78, 5) is 7.13. The number of hydrogen-bond acceptors (Lipinski definition) is 3. The van der Waals surface area contributed by atoms with E-state index in [-0.39, 0.29) is 16.6 Å². The van der Waals surface area contributed by atoms with E-state index in [1.165, 1.54) is 0 Å². The highest BCUT2D eigenvalue weighted by Crippen LogP contribution is 2.19. The normalized spacial score (nSPS) is 9.77. The summed E-state index contributed by atoms with van der Waals surface area (Å²) in [6.45, 7) is 5.68. The second-order valence-electron chi connectivity index (χ2n) is 2.18. The zero-order valence-corrected chi connectivity index (χ0v) is 7.81. The van der Waals surface area contributed by atoms with E-state index < -0.39 is 5.82 Å². The summed E-state index contributed by atoms with van der Waals surface area (Å²) in [5.41, 5.74) is 0.00171. The molecule has 0 radical (unpaired) electrons. The lowest BCUT2D eigenvalue weighted by atomic mass is 10.3. The van der Waals surface area contributed by atoms with Gasteiger partial charge in [0.2, 0.25) is 0 Å². The predicted octanol–water partition coefficient (Wildman–Crippen LogP) is 2.28. The summed E-state index contributed by atoms with van der Waals surface area (Å²) in [7, 11) is 0. The molecule has 1 aromatic rings. The molecular formula is C8H8ClFN2O. The van der Waals surface area contributed by atoms with Gasteiger partial charge in [-0.1, -0.05) is 18.2 Å². The molecule has 0 N–H and O–H groups in total. The van der Waals surface area contributed by atoms with Crippen LogP contribution in [0.15, 0.2) is 12.9 Å². The fourth-order valence-electron chi connectivity index (χ4n) is 0.785. The topological polar surface area (TPSA) is 35.0 Å². The van der Waals surface area contributed by atoms with Gasteiger partial charge in [-0.2, -0.15) is 0 Å². The zero-order valence-electron chi connectivity index (χ0n) is 7.05. The molecule has 5 heteroatoms. The highest BCUT2D eigenvalue weighted by atomic mass is 35.5. The van der Waals surface area contributed by atoms with E-state index in [0.29, 0.717) is 6.61 Å². The number of rotatable bonds is 3. The lowest BCUT2D eigenvalue weighted by molar-refractivity contribution is 0.295. The van der Waals surface area contributed by atoms with E-state index in [2.05, 4.69) is 16.5 Å². The minimum Gasteiger partial charge on any atom is -0.492 e. The van der Waals surface area contributed by atoms with Crippen LogP contribution < -0.4 is 0 Å². The van der Waals surface area contributed by atoms with Gasteiger partial charge in [-0.3, -0.25) is 0 Å². The summed E-state index contributed by atoms with van der Waals surface area (Å²) in [5, 5.41) is -0.231. The Morgan fingerprint density at radius 1 is 1.69 bits per heavy atom.